The third-order valence-electron chi connectivity index (χ3n) is 3.95. The van der Waals surface area contributed by atoms with E-state index in [1.165, 1.54) is 6.42 Å². The highest BCUT2D eigenvalue weighted by Crippen LogP contribution is 2.57. The van der Waals surface area contributed by atoms with E-state index in [1.54, 1.807) is 0 Å². The van der Waals surface area contributed by atoms with Crippen LogP contribution in [0.1, 0.15) is 33.6 Å². The van der Waals surface area contributed by atoms with E-state index in [0.717, 1.165) is 18.1 Å². The molecule has 4 atom stereocenters. The van der Waals surface area contributed by atoms with Crippen molar-refractivity contribution in [3.63, 3.8) is 0 Å². The molecule has 70 valence electrons. The monoisotopic (exact) mass is 186 g/mol. The van der Waals surface area contributed by atoms with Crippen LogP contribution in [0.3, 0.4) is 0 Å². The highest BCUT2D eigenvalue weighted by molar-refractivity contribution is 8.00. The summed E-state index contributed by atoms with van der Waals surface area (Å²) in [6.07, 6.45) is 2.15. The summed E-state index contributed by atoms with van der Waals surface area (Å²) in [6, 6.07) is 0. The summed E-state index contributed by atoms with van der Waals surface area (Å²) in [6.45, 7) is 6.88. The Morgan fingerprint density at radius 2 is 2.00 bits per heavy atom. The minimum Gasteiger partial charge on any atom is -0.392 e. The van der Waals surface area contributed by atoms with Gasteiger partial charge in [-0.1, -0.05) is 20.8 Å². The van der Waals surface area contributed by atoms with E-state index >= 15 is 0 Å². The second kappa shape index (κ2) is 2.42. The van der Waals surface area contributed by atoms with Crippen molar-refractivity contribution in [3.8, 4) is 0 Å². The average Bonchev–Trinajstić information content (AvgIpc) is 1.96. The van der Waals surface area contributed by atoms with Gasteiger partial charge in [0.1, 0.15) is 0 Å². The summed E-state index contributed by atoms with van der Waals surface area (Å²) in [4.78, 5) is 0. The van der Waals surface area contributed by atoms with Crippen LogP contribution in [0.25, 0.3) is 0 Å². The first-order valence-corrected chi connectivity index (χ1v) is 5.77. The zero-order chi connectivity index (χ0) is 8.98. The molecule has 2 bridgehead atoms. The Bertz CT molecular complexity index is 184. The molecule has 3 aliphatic rings. The third kappa shape index (κ3) is 1.04. The van der Waals surface area contributed by atoms with Crippen LogP contribution in [0.2, 0.25) is 0 Å². The van der Waals surface area contributed by atoms with Crippen molar-refractivity contribution in [2.75, 3.05) is 5.75 Å². The lowest BCUT2D eigenvalue weighted by Gasteiger charge is -2.56. The number of aliphatic hydroxyl groups is 1. The van der Waals surface area contributed by atoms with Gasteiger partial charge in [-0.05, 0) is 18.8 Å². The van der Waals surface area contributed by atoms with E-state index in [0.29, 0.717) is 4.75 Å². The van der Waals surface area contributed by atoms with Gasteiger partial charge >= 0.3 is 0 Å². The smallest absolute Gasteiger partial charge is 0.0615 e. The minimum absolute atomic E-state index is 0.0556. The molecule has 0 amide bonds. The SMILES string of the molecule is C[C@@H]1C[C@@]2(C)CS[C@]1(C)C[C@@H]2O. The molecule has 0 aromatic carbocycles. The summed E-state index contributed by atoms with van der Waals surface area (Å²) >= 11 is 2.07. The van der Waals surface area contributed by atoms with E-state index in [1.807, 2.05) is 0 Å². The van der Waals surface area contributed by atoms with Crippen LogP contribution in [0.4, 0.5) is 0 Å². The predicted octanol–water partition coefficient (Wildman–Crippen LogP) is 2.29. The van der Waals surface area contributed by atoms with Crippen LogP contribution in [-0.4, -0.2) is 21.7 Å². The van der Waals surface area contributed by atoms with Crippen LogP contribution < -0.4 is 0 Å². The molecule has 2 saturated heterocycles. The minimum atomic E-state index is -0.0556. The van der Waals surface area contributed by atoms with Crippen molar-refractivity contribution in [2.45, 2.75) is 44.5 Å². The van der Waals surface area contributed by atoms with Gasteiger partial charge in [0, 0.05) is 15.9 Å². The van der Waals surface area contributed by atoms with Crippen LogP contribution in [0, 0.1) is 11.3 Å². The maximum atomic E-state index is 9.93. The molecular formula is C10H18OS. The van der Waals surface area contributed by atoms with Crippen LogP contribution in [-0.2, 0) is 0 Å². The van der Waals surface area contributed by atoms with Crippen molar-refractivity contribution in [2.24, 2.45) is 11.3 Å². The lowest BCUT2D eigenvalue weighted by atomic mass is 9.65. The molecule has 3 rings (SSSR count). The maximum absolute atomic E-state index is 9.93. The zero-order valence-electron chi connectivity index (χ0n) is 8.13. The van der Waals surface area contributed by atoms with Gasteiger partial charge in [-0.2, -0.15) is 11.8 Å². The standard InChI is InChI=1S/C10H18OS/c1-7-4-9(2)6-12-10(7,3)5-8(9)11/h7-8,11H,4-6H2,1-3H3/t7-,8+,9+,10-/m1/s1. The van der Waals surface area contributed by atoms with Crippen molar-refractivity contribution in [1.29, 1.82) is 0 Å². The Balaban J connectivity index is 2.27. The molecule has 1 nitrogen and oxygen atoms in total. The molecule has 3 fully saturated rings. The molecule has 0 radical (unpaired) electrons. The zero-order valence-corrected chi connectivity index (χ0v) is 8.95. The van der Waals surface area contributed by atoms with Crippen molar-refractivity contribution >= 4 is 11.8 Å². The van der Waals surface area contributed by atoms with Gasteiger partial charge in [0.2, 0.25) is 0 Å². The molecule has 1 aliphatic carbocycles. The van der Waals surface area contributed by atoms with E-state index in [9.17, 15) is 5.11 Å². The Kier molecular flexibility index (Phi) is 1.79. The molecule has 0 aromatic heterocycles. The number of fused-ring (bicyclic) bond motifs is 3. The van der Waals surface area contributed by atoms with Gasteiger partial charge in [0.15, 0.2) is 0 Å². The average molecular weight is 186 g/mol. The number of hydrogen-bond acceptors (Lipinski definition) is 2. The fraction of sp³-hybridized carbons (Fsp3) is 1.00. The summed E-state index contributed by atoms with van der Waals surface area (Å²) in [5.74, 6) is 1.92. The molecule has 0 aromatic rings. The van der Waals surface area contributed by atoms with Gasteiger partial charge in [-0.3, -0.25) is 0 Å². The van der Waals surface area contributed by atoms with Crippen molar-refractivity contribution < 1.29 is 5.11 Å². The Morgan fingerprint density at radius 1 is 1.33 bits per heavy atom. The molecule has 0 unspecified atom stereocenters. The summed E-state index contributed by atoms with van der Waals surface area (Å²) in [7, 11) is 0. The largest absolute Gasteiger partial charge is 0.392 e. The van der Waals surface area contributed by atoms with Crippen molar-refractivity contribution in [3.05, 3.63) is 0 Å². The first-order chi connectivity index (χ1) is 5.46. The first-order valence-electron chi connectivity index (χ1n) is 4.78. The number of rotatable bonds is 0. The third-order valence-corrected chi connectivity index (χ3v) is 5.98. The number of hydrogen-bond donors (Lipinski definition) is 1. The first kappa shape index (κ1) is 8.89. The molecule has 1 saturated carbocycles. The van der Waals surface area contributed by atoms with Crippen LogP contribution >= 0.6 is 11.8 Å². The van der Waals surface area contributed by atoms with Gasteiger partial charge in [0.25, 0.3) is 0 Å². The van der Waals surface area contributed by atoms with Crippen molar-refractivity contribution in [1.82, 2.24) is 0 Å². The summed E-state index contributed by atoms with van der Waals surface area (Å²) in [5.41, 5.74) is 0.210. The van der Waals surface area contributed by atoms with E-state index in [2.05, 4.69) is 32.5 Å². The fourth-order valence-corrected chi connectivity index (χ4v) is 4.18. The Hall–Kier alpha value is 0.310. The number of thioether (sulfide) groups is 1. The Morgan fingerprint density at radius 3 is 2.42 bits per heavy atom. The summed E-state index contributed by atoms with van der Waals surface area (Å²) in [5, 5.41) is 9.93. The maximum Gasteiger partial charge on any atom is 0.0615 e. The normalized spacial score (nSPS) is 59.0. The lowest BCUT2D eigenvalue weighted by Crippen LogP contribution is -2.55. The van der Waals surface area contributed by atoms with E-state index < -0.39 is 0 Å². The highest BCUT2D eigenvalue weighted by atomic mass is 32.2. The quantitative estimate of drug-likeness (QED) is 0.626. The van der Waals surface area contributed by atoms with Crippen LogP contribution in [0.15, 0.2) is 0 Å². The molecular weight excluding hydrogens is 168 g/mol. The number of aliphatic hydroxyl groups excluding tert-OH is 1. The predicted molar refractivity (Wildman–Crippen MR) is 53.4 cm³/mol. The van der Waals surface area contributed by atoms with Gasteiger partial charge in [-0.15, -0.1) is 0 Å². The fourth-order valence-electron chi connectivity index (χ4n) is 2.57. The van der Waals surface area contributed by atoms with Crippen LogP contribution in [0.5, 0.6) is 0 Å². The molecule has 1 N–H and O–H groups in total. The summed E-state index contributed by atoms with van der Waals surface area (Å²) < 4.78 is 0.358. The molecule has 12 heavy (non-hydrogen) atoms. The second-order valence-electron chi connectivity index (χ2n) is 5.08. The topological polar surface area (TPSA) is 20.2 Å². The van der Waals surface area contributed by atoms with Gasteiger partial charge in [0.05, 0.1) is 6.10 Å². The van der Waals surface area contributed by atoms with E-state index in [-0.39, 0.29) is 11.5 Å². The highest BCUT2D eigenvalue weighted by Gasteiger charge is 2.53. The van der Waals surface area contributed by atoms with E-state index in [4.69, 9.17) is 0 Å². The van der Waals surface area contributed by atoms with Gasteiger partial charge in [-0.25, -0.2) is 0 Å². The molecule has 2 aliphatic heterocycles. The second-order valence-corrected chi connectivity index (χ2v) is 6.59. The van der Waals surface area contributed by atoms with Gasteiger partial charge < -0.3 is 5.11 Å². The Labute approximate surface area is 78.9 Å². The molecule has 2 heteroatoms. The molecule has 2 heterocycles. The molecule has 0 spiro atoms. The lowest BCUT2D eigenvalue weighted by molar-refractivity contribution is -0.0245.